The maximum absolute atomic E-state index is 1.65. The summed E-state index contributed by atoms with van der Waals surface area (Å²) in [5.41, 5.74) is 0.994. The Morgan fingerprint density at radius 1 is 1.00 bits per heavy atom. The van der Waals surface area contributed by atoms with Crippen LogP contribution in [0.1, 0.15) is 32.1 Å². The highest BCUT2D eigenvalue weighted by molar-refractivity contribution is 5.21. The van der Waals surface area contributed by atoms with Gasteiger partial charge in [0.15, 0.2) is 0 Å². The third kappa shape index (κ3) is 0.302. The molecule has 10 heavy (non-hydrogen) atoms. The topological polar surface area (TPSA) is 0 Å². The lowest BCUT2D eigenvalue weighted by Crippen LogP contribution is -2.14. The van der Waals surface area contributed by atoms with Gasteiger partial charge in [0.25, 0.3) is 0 Å². The summed E-state index contributed by atoms with van der Waals surface area (Å²) in [5.74, 6) is 4.89. The van der Waals surface area contributed by atoms with Crippen molar-refractivity contribution in [2.24, 2.45) is 29.1 Å². The molecule has 0 nitrogen and oxygen atoms in total. The van der Waals surface area contributed by atoms with Gasteiger partial charge in [-0.05, 0) is 61.2 Å². The lowest BCUT2D eigenvalue weighted by Gasteiger charge is -2.24. The van der Waals surface area contributed by atoms with Crippen LogP contribution in [0, 0.1) is 29.1 Å². The molecular formula is C10H14. The minimum Gasteiger partial charge on any atom is -0.0473 e. The van der Waals surface area contributed by atoms with Crippen LogP contribution in [0.5, 0.6) is 0 Å². The number of rotatable bonds is 0. The van der Waals surface area contributed by atoms with Gasteiger partial charge < -0.3 is 0 Å². The lowest BCUT2D eigenvalue weighted by atomic mass is 9.81. The molecule has 0 N–H and O–H groups in total. The minimum atomic E-state index is 0.994. The van der Waals surface area contributed by atoms with Crippen molar-refractivity contribution in [1.29, 1.82) is 0 Å². The van der Waals surface area contributed by atoms with Crippen molar-refractivity contribution in [2.75, 3.05) is 0 Å². The van der Waals surface area contributed by atoms with Crippen LogP contribution in [0.15, 0.2) is 0 Å². The van der Waals surface area contributed by atoms with E-state index >= 15 is 0 Å². The molecule has 5 atom stereocenters. The summed E-state index contributed by atoms with van der Waals surface area (Å²) in [6.45, 7) is 0. The van der Waals surface area contributed by atoms with E-state index in [0.29, 0.717) is 0 Å². The molecule has 5 aliphatic rings. The Hall–Kier alpha value is 0. The first-order chi connectivity index (χ1) is 4.88. The van der Waals surface area contributed by atoms with Gasteiger partial charge in [0.2, 0.25) is 0 Å². The highest BCUT2D eigenvalue weighted by Gasteiger charge is 2.72. The fourth-order valence-corrected chi connectivity index (χ4v) is 4.84. The minimum absolute atomic E-state index is 0.994. The van der Waals surface area contributed by atoms with E-state index in [1.54, 1.807) is 32.1 Å². The predicted octanol–water partition coefficient (Wildman–Crippen LogP) is 2.44. The zero-order valence-corrected chi connectivity index (χ0v) is 6.34. The molecule has 0 aromatic heterocycles. The van der Waals surface area contributed by atoms with Crippen molar-refractivity contribution in [1.82, 2.24) is 0 Å². The average Bonchev–Trinajstić information content (AvgIpc) is 2.53. The smallest absolute Gasteiger partial charge is 0.0232 e. The second-order valence-corrected chi connectivity index (χ2v) is 5.28. The molecule has 0 aromatic carbocycles. The molecule has 4 bridgehead atoms. The van der Waals surface area contributed by atoms with E-state index in [0.717, 1.165) is 5.41 Å². The summed E-state index contributed by atoms with van der Waals surface area (Å²) in [6.07, 6.45) is 8.20. The van der Waals surface area contributed by atoms with Gasteiger partial charge in [-0.15, -0.1) is 0 Å². The van der Waals surface area contributed by atoms with E-state index in [1.807, 2.05) is 0 Å². The molecule has 0 aliphatic heterocycles. The second-order valence-electron chi connectivity index (χ2n) is 5.28. The van der Waals surface area contributed by atoms with Gasteiger partial charge in [0.1, 0.15) is 0 Å². The molecule has 54 valence electrons. The Bertz CT molecular complexity index is 202. The molecule has 0 heteroatoms. The Kier molecular flexibility index (Phi) is 0.522. The zero-order valence-electron chi connectivity index (χ0n) is 6.34. The molecule has 5 saturated carbocycles. The van der Waals surface area contributed by atoms with Crippen molar-refractivity contribution < 1.29 is 0 Å². The summed E-state index contributed by atoms with van der Waals surface area (Å²) < 4.78 is 0. The van der Waals surface area contributed by atoms with Gasteiger partial charge in [-0.2, -0.15) is 0 Å². The molecule has 1 spiro atoms. The summed E-state index contributed by atoms with van der Waals surface area (Å²) in [4.78, 5) is 0. The van der Waals surface area contributed by atoms with Gasteiger partial charge in [0.05, 0.1) is 0 Å². The van der Waals surface area contributed by atoms with Gasteiger partial charge >= 0.3 is 0 Å². The molecule has 0 amide bonds. The Morgan fingerprint density at radius 3 is 2.80 bits per heavy atom. The molecule has 0 heterocycles. The zero-order chi connectivity index (χ0) is 6.34. The van der Waals surface area contributed by atoms with E-state index < -0.39 is 0 Å². The summed E-state index contributed by atoms with van der Waals surface area (Å²) in [5, 5.41) is 0. The van der Waals surface area contributed by atoms with Crippen LogP contribution in [-0.2, 0) is 0 Å². The fraction of sp³-hybridized carbons (Fsp3) is 1.00. The molecule has 5 fully saturated rings. The van der Waals surface area contributed by atoms with E-state index in [1.165, 1.54) is 23.7 Å². The van der Waals surface area contributed by atoms with Crippen molar-refractivity contribution in [3.8, 4) is 0 Å². The van der Waals surface area contributed by atoms with Gasteiger partial charge in [0, 0.05) is 0 Å². The Labute approximate surface area is 62.0 Å². The monoisotopic (exact) mass is 134 g/mol. The first-order valence-corrected chi connectivity index (χ1v) is 4.88. The maximum Gasteiger partial charge on any atom is -0.0232 e. The van der Waals surface area contributed by atoms with Crippen molar-refractivity contribution in [3.63, 3.8) is 0 Å². The van der Waals surface area contributed by atoms with Crippen molar-refractivity contribution >= 4 is 0 Å². The Morgan fingerprint density at radius 2 is 2.00 bits per heavy atom. The van der Waals surface area contributed by atoms with E-state index in [-0.39, 0.29) is 0 Å². The van der Waals surface area contributed by atoms with Gasteiger partial charge in [-0.25, -0.2) is 0 Å². The van der Waals surface area contributed by atoms with E-state index in [4.69, 9.17) is 0 Å². The largest absolute Gasteiger partial charge is 0.0473 e. The first-order valence-electron chi connectivity index (χ1n) is 4.88. The predicted molar refractivity (Wildman–Crippen MR) is 39.5 cm³/mol. The molecule has 5 aliphatic carbocycles. The quantitative estimate of drug-likeness (QED) is 0.477. The molecule has 4 unspecified atom stereocenters. The SMILES string of the molecule is C1C2C[C@@H]3CC1C1(C2)CC31. The van der Waals surface area contributed by atoms with Gasteiger partial charge in [-0.3, -0.25) is 0 Å². The standard InChI is InChI=1S/C10H14/c1-6-2-8-3-7(1)9-5-10(8,9)4-6/h6-9H,1-5H2/t6?,7-,8?,9?,10?/m1/s1. The van der Waals surface area contributed by atoms with Crippen LogP contribution in [0.4, 0.5) is 0 Å². The number of hydrogen-bond donors (Lipinski definition) is 0. The Balaban J connectivity index is 1.95. The van der Waals surface area contributed by atoms with Crippen molar-refractivity contribution in [3.05, 3.63) is 0 Å². The lowest BCUT2D eigenvalue weighted by molar-refractivity contribution is 0.262. The highest BCUT2D eigenvalue weighted by Crippen LogP contribution is 2.80. The van der Waals surface area contributed by atoms with Crippen LogP contribution in [0.25, 0.3) is 0 Å². The normalized spacial score (nSPS) is 74.4. The third-order valence-electron chi connectivity index (χ3n) is 5.07. The molecule has 0 aromatic rings. The first kappa shape index (κ1) is 4.79. The summed E-state index contributed by atoms with van der Waals surface area (Å²) in [6, 6.07) is 0. The van der Waals surface area contributed by atoms with Gasteiger partial charge in [-0.1, -0.05) is 0 Å². The summed E-state index contributed by atoms with van der Waals surface area (Å²) in [7, 11) is 0. The number of hydrogen-bond acceptors (Lipinski definition) is 0. The average molecular weight is 134 g/mol. The third-order valence-corrected chi connectivity index (χ3v) is 5.07. The van der Waals surface area contributed by atoms with Crippen LogP contribution < -0.4 is 0 Å². The summed E-state index contributed by atoms with van der Waals surface area (Å²) >= 11 is 0. The van der Waals surface area contributed by atoms with Crippen LogP contribution >= 0.6 is 0 Å². The molecule has 0 saturated heterocycles. The van der Waals surface area contributed by atoms with E-state index in [9.17, 15) is 0 Å². The van der Waals surface area contributed by atoms with Crippen molar-refractivity contribution in [2.45, 2.75) is 32.1 Å². The fourth-order valence-electron chi connectivity index (χ4n) is 4.84. The maximum atomic E-state index is 1.65. The van der Waals surface area contributed by atoms with Crippen LogP contribution in [0.2, 0.25) is 0 Å². The van der Waals surface area contributed by atoms with E-state index in [2.05, 4.69) is 0 Å². The molecule has 0 radical (unpaired) electrons. The van der Waals surface area contributed by atoms with Crippen LogP contribution in [-0.4, -0.2) is 0 Å². The highest BCUT2D eigenvalue weighted by atomic mass is 14.8. The molecule has 5 rings (SSSR count). The molecular weight excluding hydrogens is 120 g/mol. The van der Waals surface area contributed by atoms with Crippen LogP contribution in [0.3, 0.4) is 0 Å². The second kappa shape index (κ2) is 1.09.